The van der Waals surface area contributed by atoms with Gasteiger partial charge in [-0.3, -0.25) is 14.4 Å². The number of benzene rings is 1. The second-order valence-corrected chi connectivity index (χ2v) is 9.54. The number of thiophene rings is 1. The van der Waals surface area contributed by atoms with E-state index in [2.05, 4.69) is 42.9 Å². The lowest BCUT2D eigenvalue weighted by molar-refractivity contribution is -0.132. The number of rotatable bonds is 6. The van der Waals surface area contributed by atoms with Gasteiger partial charge in [0.25, 0.3) is 5.91 Å². The van der Waals surface area contributed by atoms with Crippen LogP contribution in [0.25, 0.3) is 0 Å². The van der Waals surface area contributed by atoms with Gasteiger partial charge in [-0.05, 0) is 46.5 Å². The molecule has 2 N–H and O–H groups in total. The Labute approximate surface area is 181 Å². The summed E-state index contributed by atoms with van der Waals surface area (Å²) in [6, 6.07) is 9.47. The van der Waals surface area contributed by atoms with E-state index in [1.807, 2.05) is 17.0 Å². The molecule has 6 nitrogen and oxygen atoms in total. The van der Waals surface area contributed by atoms with E-state index in [1.165, 1.54) is 10.4 Å². The molecule has 30 heavy (non-hydrogen) atoms. The van der Waals surface area contributed by atoms with Crippen LogP contribution < -0.4 is 10.6 Å². The summed E-state index contributed by atoms with van der Waals surface area (Å²) >= 11 is 1.74. The van der Waals surface area contributed by atoms with Gasteiger partial charge in [-0.1, -0.05) is 32.9 Å². The lowest BCUT2D eigenvalue weighted by Gasteiger charge is -2.27. The third kappa shape index (κ3) is 5.69. The van der Waals surface area contributed by atoms with E-state index in [-0.39, 0.29) is 42.6 Å². The van der Waals surface area contributed by atoms with Crippen molar-refractivity contribution in [1.82, 2.24) is 15.5 Å². The van der Waals surface area contributed by atoms with Crippen LogP contribution in [0, 0.1) is 0 Å². The average Bonchev–Trinajstić information content (AvgIpc) is 3.19. The number of hydrogen-bond acceptors (Lipinski definition) is 4. The Hall–Kier alpha value is -2.67. The Morgan fingerprint density at radius 3 is 2.50 bits per heavy atom. The summed E-state index contributed by atoms with van der Waals surface area (Å²) in [4.78, 5) is 39.8. The summed E-state index contributed by atoms with van der Waals surface area (Å²) in [5.41, 5.74) is 2.91. The van der Waals surface area contributed by atoms with E-state index in [4.69, 9.17) is 0 Å². The first-order valence-electron chi connectivity index (χ1n) is 10.2. The molecule has 2 heterocycles. The lowest BCUT2D eigenvalue weighted by Crippen LogP contribution is -2.40. The molecule has 160 valence electrons. The van der Waals surface area contributed by atoms with Crippen molar-refractivity contribution in [3.63, 3.8) is 0 Å². The Bertz CT molecular complexity index is 913. The first-order valence-corrected chi connectivity index (χ1v) is 11.1. The second kappa shape index (κ2) is 9.43. The molecule has 1 aliphatic rings. The zero-order valence-corrected chi connectivity index (χ0v) is 18.6. The van der Waals surface area contributed by atoms with Crippen LogP contribution in [0.3, 0.4) is 0 Å². The van der Waals surface area contributed by atoms with E-state index in [0.29, 0.717) is 12.1 Å². The van der Waals surface area contributed by atoms with Crippen LogP contribution >= 0.6 is 11.3 Å². The van der Waals surface area contributed by atoms with Gasteiger partial charge in [0, 0.05) is 36.5 Å². The maximum Gasteiger partial charge on any atom is 0.251 e. The van der Waals surface area contributed by atoms with E-state index in [0.717, 1.165) is 18.5 Å². The molecule has 0 saturated heterocycles. The van der Waals surface area contributed by atoms with Crippen LogP contribution in [0.1, 0.15) is 53.6 Å². The van der Waals surface area contributed by atoms with Crippen LogP contribution in [0.15, 0.2) is 35.7 Å². The van der Waals surface area contributed by atoms with Crippen LogP contribution in [0.2, 0.25) is 0 Å². The van der Waals surface area contributed by atoms with Gasteiger partial charge in [0.1, 0.15) is 0 Å². The van der Waals surface area contributed by atoms with Crippen molar-refractivity contribution in [3.8, 4) is 0 Å². The van der Waals surface area contributed by atoms with Crippen LogP contribution in [-0.4, -0.2) is 42.3 Å². The maximum absolute atomic E-state index is 12.4. The molecule has 0 fully saturated rings. The highest BCUT2D eigenvalue weighted by Gasteiger charge is 2.21. The highest BCUT2D eigenvalue weighted by molar-refractivity contribution is 7.10. The Morgan fingerprint density at radius 2 is 1.80 bits per heavy atom. The molecule has 3 amide bonds. The maximum atomic E-state index is 12.4. The predicted octanol–water partition coefficient (Wildman–Crippen LogP) is 2.87. The minimum atomic E-state index is -0.304. The average molecular weight is 428 g/mol. The van der Waals surface area contributed by atoms with Crippen molar-refractivity contribution in [2.45, 2.75) is 45.6 Å². The number of amides is 3. The molecule has 2 aromatic rings. The highest BCUT2D eigenvalue weighted by atomic mass is 32.1. The molecule has 1 aromatic heterocycles. The van der Waals surface area contributed by atoms with Crippen LogP contribution in [-0.2, 0) is 28.0 Å². The molecule has 0 bridgehead atoms. The topological polar surface area (TPSA) is 78.5 Å². The molecule has 1 aliphatic heterocycles. The lowest BCUT2D eigenvalue weighted by atomic mass is 9.87. The summed E-state index contributed by atoms with van der Waals surface area (Å²) in [5.74, 6) is -0.557. The number of carbonyl (C=O) groups is 3. The SMILES string of the molecule is CC(C)(C)c1ccc(C(=O)NCC(=O)NCCC(=O)N2CCc3sccc3C2)cc1. The molecule has 3 rings (SSSR count). The van der Waals surface area contributed by atoms with Crippen LogP contribution in [0.4, 0.5) is 0 Å². The fraction of sp³-hybridized carbons (Fsp3) is 0.435. The molecule has 1 aromatic carbocycles. The summed E-state index contributed by atoms with van der Waals surface area (Å²) in [5, 5.41) is 7.39. The third-order valence-corrected chi connectivity index (χ3v) is 6.27. The van der Waals surface area contributed by atoms with E-state index < -0.39 is 0 Å². The van der Waals surface area contributed by atoms with Crippen molar-refractivity contribution in [1.29, 1.82) is 0 Å². The van der Waals surface area contributed by atoms with E-state index in [9.17, 15) is 14.4 Å². The molecule has 0 unspecified atom stereocenters. The Morgan fingerprint density at radius 1 is 1.07 bits per heavy atom. The monoisotopic (exact) mass is 427 g/mol. The van der Waals surface area contributed by atoms with Crippen molar-refractivity contribution in [2.75, 3.05) is 19.6 Å². The van der Waals surface area contributed by atoms with E-state index in [1.54, 1.807) is 23.5 Å². The normalized spacial score (nSPS) is 13.5. The Balaban J connectivity index is 1.37. The van der Waals surface area contributed by atoms with Gasteiger partial charge in [0.05, 0.1) is 6.54 Å². The second-order valence-electron chi connectivity index (χ2n) is 8.54. The molecular formula is C23H29N3O3S. The molecule has 0 atom stereocenters. The van der Waals surface area contributed by atoms with Gasteiger partial charge < -0.3 is 15.5 Å². The minimum absolute atomic E-state index is 0.0204. The molecule has 0 spiro atoms. The Kier molecular flexibility index (Phi) is 6.92. The van der Waals surface area contributed by atoms with Gasteiger partial charge in [-0.15, -0.1) is 11.3 Å². The molecule has 0 aliphatic carbocycles. The van der Waals surface area contributed by atoms with Crippen molar-refractivity contribution < 1.29 is 14.4 Å². The first-order chi connectivity index (χ1) is 14.2. The summed E-state index contributed by atoms with van der Waals surface area (Å²) < 4.78 is 0. The van der Waals surface area contributed by atoms with E-state index >= 15 is 0 Å². The van der Waals surface area contributed by atoms with Gasteiger partial charge in [-0.2, -0.15) is 0 Å². The van der Waals surface area contributed by atoms with Crippen molar-refractivity contribution >= 4 is 29.1 Å². The summed E-state index contributed by atoms with van der Waals surface area (Å²) in [6.07, 6.45) is 1.15. The quantitative estimate of drug-likeness (QED) is 0.744. The van der Waals surface area contributed by atoms with Gasteiger partial charge >= 0.3 is 0 Å². The molecule has 0 saturated carbocycles. The standard InChI is InChI=1S/C23H29N3O3S/c1-23(2,3)18-6-4-16(5-7-18)22(29)25-14-20(27)24-11-8-21(28)26-12-9-19-17(15-26)10-13-30-19/h4-7,10,13H,8-9,11-12,14-15H2,1-3H3,(H,24,27)(H,25,29). The summed E-state index contributed by atoms with van der Waals surface area (Å²) in [6.45, 7) is 7.86. The van der Waals surface area contributed by atoms with Gasteiger partial charge in [-0.25, -0.2) is 0 Å². The minimum Gasteiger partial charge on any atom is -0.354 e. The molecule has 0 radical (unpaired) electrons. The molecule has 7 heteroatoms. The number of hydrogen-bond donors (Lipinski definition) is 2. The first kappa shape index (κ1) is 22.0. The zero-order chi connectivity index (χ0) is 21.7. The predicted molar refractivity (Wildman–Crippen MR) is 119 cm³/mol. The van der Waals surface area contributed by atoms with Crippen molar-refractivity contribution in [2.24, 2.45) is 0 Å². The number of nitrogens with one attached hydrogen (secondary N) is 2. The number of nitrogens with zero attached hydrogens (tertiary/aromatic N) is 1. The van der Waals surface area contributed by atoms with Crippen molar-refractivity contribution in [3.05, 3.63) is 57.3 Å². The van der Waals surface area contributed by atoms with Gasteiger partial charge in [0.15, 0.2) is 0 Å². The number of fused-ring (bicyclic) bond motifs is 1. The molecular weight excluding hydrogens is 398 g/mol. The summed E-state index contributed by atoms with van der Waals surface area (Å²) in [7, 11) is 0. The third-order valence-electron chi connectivity index (χ3n) is 5.24. The number of carbonyl (C=O) groups excluding carboxylic acids is 3. The highest BCUT2D eigenvalue weighted by Crippen LogP contribution is 2.24. The van der Waals surface area contributed by atoms with Gasteiger partial charge in [0.2, 0.25) is 11.8 Å². The smallest absolute Gasteiger partial charge is 0.251 e. The fourth-order valence-corrected chi connectivity index (χ4v) is 4.26. The fourth-order valence-electron chi connectivity index (χ4n) is 3.38. The largest absolute Gasteiger partial charge is 0.354 e. The zero-order valence-electron chi connectivity index (χ0n) is 17.8. The van der Waals surface area contributed by atoms with Crippen LogP contribution in [0.5, 0.6) is 0 Å².